The predicted molar refractivity (Wildman–Crippen MR) is 183 cm³/mol. The Labute approximate surface area is 257 Å². The minimum absolute atomic E-state index is 0.209. The molecule has 8 aromatic rings. The Balaban J connectivity index is 1.27. The standard InChI is InChI=1S/C39H25N3OS/c1-2-11-24-21-33-31(20-23(24)10-1)27-14-5-7-18-32(27)42(33)39-40-35-26-13-4-3-12-25(26)22-43-37(35)36(41-39)30-17-9-16-29-28-15-6-8-19-34(28)44-38(29)30/h1-21,36H,22H2,(H,40,41). The molecule has 0 saturated heterocycles. The molecule has 208 valence electrons. The van der Waals surface area contributed by atoms with Crippen LogP contribution in [0.1, 0.15) is 22.7 Å². The van der Waals surface area contributed by atoms with Crippen LogP contribution < -0.4 is 5.32 Å². The summed E-state index contributed by atoms with van der Waals surface area (Å²) in [5, 5.41) is 11.3. The molecule has 2 aliphatic rings. The molecule has 44 heavy (non-hydrogen) atoms. The summed E-state index contributed by atoms with van der Waals surface area (Å²) in [4.78, 5) is 5.39. The lowest BCUT2D eigenvalue weighted by Crippen LogP contribution is -2.39. The number of thiophene rings is 1. The number of nitrogens with zero attached hydrogens (tertiary/aromatic N) is 2. The number of para-hydroxylation sites is 1. The van der Waals surface area contributed by atoms with E-state index >= 15 is 0 Å². The number of aromatic nitrogens is 1. The van der Waals surface area contributed by atoms with E-state index in [4.69, 9.17) is 9.73 Å². The molecule has 4 nitrogen and oxygen atoms in total. The molecule has 0 amide bonds. The van der Waals surface area contributed by atoms with Crippen LogP contribution in [0.2, 0.25) is 0 Å². The van der Waals surface area contributed by atoms with Gasteiger partial charge in [0.15, 0.2) is 0 Å². The number of hydrogen-bond donors (Lipinski definition) is 1. The van der Waals surface area contributed by atoms with Crippen LogP contribution in [0.5, 0.6) is 0 Å². The molecular formula is C39H25N3OS. The SMILES string of the molecule is c1ccc2c(c1)COC1=C2N=C(n2c3ccccc3c3cc4ccccc4cc32)NC1c1cccc2c1sc1ccccc12. The number of aliphatic imine (C=N–C) groups is 1. The largest absolute Gasteiger partial charge is 0.488 e. The van der Waals surface area contributed by atoms with Gasteiger partial charge in [0.05, 0.1) is 11.0 Å². The highest BCUT2D eigenvalue weighted by Crippen LogP contribution is 2.45. The molecule has 0 saturated carbocycles. The maximum Gasteiger partial charge on any atom is 0.209 e. The van der Waals surface area contributed by atoms with E-state index in [9.17, 15) is 0 Å². The molecule has 2 aromatic heterocycles. The van der Waals surface area contributed by atoms with Crippen LogP contribution in [0.3, 0.4) is 0 Å². The van der Waals surface area contributed by atoms with Crippen LogP contribution >= 0.6 is 11.3 Å². The maximum atomic E-state index is 6.60. The van der Waals surface area contributed by atoms with Crippen molar-refractivity contribution >= 4 is 75.7 Å². The van der Waals surface area contributed by atoms with Gasteiger partial charge in [0, 0.05) is 36.5 Å². The van der Waals surface area contributed by atoms with Gasteiger partial charge in [-0.25, -0.2) is 4.99 Å². The van der Waals surface area contributed by atoms with Crippen molar-refractivity contribution in [2.24, 2.45) is 4.99 Å². The van der Waals surface area contributed by atoms with Crippen molar-refractivity contribution in [1.29, 1.82) is 0 Å². The maximum absolute atomic E-state index is 6.60. The van der Waals surface area contributed by atoms with E-state index in [2.05, 4.69) is 137 Å². The van der Waals surface area contributed by atoms with Gasteiger partial charge in [-0.1, -0.05) is 103 Å². The zero-order valence-electron chi connectivity index (χ0n) is 23.6. The Morgan fingerprint density at radius 1 is 0.682 bits per heavy atom. The van der Waals surface area contributed by atoms with Crippen LogP contribution in [0, 0.1) is 0 Å². The summed E-state index contributed by atoms with van der Waals surface area (Å²) in [6, 6.07) is 45.4. The average molecular weight is 584 g/mol. The number of benzene rings is 6. The molecule has 5 heteroatoms. The fourth-order valence-corrected chi connectivity index (χ4v) is 8.36. The Hall–Kier alpha value is -5.39. The van der Waals surface area contributed by atoms with Crippen LogP contribution in [0.4, 0.5) is 0 Å². The quantitative estimate of drug-likeness (QED) is 0.209. The van der Waals surface area contributed by atoms with Gasteiger partial charge in [-0.2, -0.15) is 0 Å². The Bertz CT molecular complexity index is 2550. The molecule has 10 rings (SSSR count). The molecule has 0 aliphatic carbocycles. The van der Waals surface area contributed by atoms with E-state index in [-0.39, 0.29) is 6.04 Å². The molecule has 2 aliphatic heterocycles. The minimum Gasteiger partial charge on any atom is -0.488 e. The first-order chi connectivity index (χ1) is 21.8. The minimum atomic E-state index is -0.209. The van der Waals surface area contributed by atoms with E-state index < -0.39 is 0 Å². The normalized spacial score (nSPS) is 16.3. The van der Waals surface area contributed by atoms with Crippen molar-refractivity contribution in [2.45, 2.75) is 12.6 Å². The molecule has 1 atom stereocenters. The van der Waals surface area contributed by atoms with Gasteiger partial charge in [0.1, 0.15) is 24.1 Å². The zero-order chi connectivity index (χ0) is 28.8. The van der Waals surface area contributed by atoms with Crippen molar-refractivity contribution in [3.05, 3.63) is 150 Å². The van der Waals surface area contributed by atoms with Crippen molar-refractivity contribution in [2.75, 3.05) is 0 Å². The van der Waals surface area contributed by atoms with Gasteiger partial charge >= 0.3 is 0 Å². The van der Waals surface area contributed by atoms with Gasteiger partial charge in [-0.3, -0.25) is 4.57 Å². The monoisotopic (exact) mass is 583 g/mol. The van der Waals surface area contributed by atoms with E-state index in [1.54, 1.807) is 0 Å². The molecule has 1 unspecified atom stereocenters. The van der Waals surface area contributed by atoms with Crippen LogP contribution in [0.25, 0.3) is 58.4 Å². The summed E-state index contributed by atoms with van der Waals surface area (Å²) in [5.41, 5.74) is 6.64. The number of fused-ring (bicyclic) bond motifs is 9. The summed E-state index contributed by atoms with van der Waals surface area (Å²) < 4.78 is 11.5. The van der Waals surface area contributed by atoms with E-state index in [0.717, 1.165) is 39.6 Å². The number of nitrogens with one attached hydrogen (secondary N) is 1. The lowest BCUT2D eigenvalue weighted by atomic mass is 9.94. The third kappa shape index (κ3) is 3.36. The summed E-state index contributed by atoms with van der Waals surface area (Å²) in [6.07, 6.45) is 0. The third-order valence-electron chi connectivity index (χ3n) is 9.14. The summed E-state index contributed by atoms with van der Waals surface area (Å²) in [6.45, 7) is 0.530. The number of hydrogen-bond acceptors (Lipinski definition) is 4. The third-order valence-corrected chi connectivity index (χ3v) is 10.4. The summed E-state index contributed by atoms with van der Waals surface area (Å²) in [7, 11) is 0. The van der Waals surface area contributed by atoms with Crippen molar-refractivity contribution in [3.8, 4) is 0 Å². The average Bonchev–Trinajstić information content (AvgIpc) is 3.62. The predicted octanol–water partition coefficient (Wildman–Crippen LogP) is 9.76. The first-order valence-corrected chi connectivity index (χ1v) is 15.8. The molecule has 0 fully saturated rings. The first kappa shape index (κ1) is 24.1. The van der Waals surface area contributed by atoms with Gasteiger partial charge in [0.25, 0.3) is 0 Å². The molecule has 0 bridgehead atoms. The van der Waals surface area contributed by atoms with E-state index in [1.165, 1.54) is 47.3 Å². The summed E-state index contributed by atoms with van der Waals surface area (Å²) in [5.74, 6) is 1.68. The highest BCUT2D eigenvalue weighted by atomic mass is 32.1. The van der Waals surface area contributed by atoms with E-state index in [0.29, 0.717) is 6.61 Å². The van der Waals surface area contributed by atoms with Gasteiger partial charge in [0.2, 0.25) is 5.96 Å². The second kappa shape index (κ2) is 9.06. The Morgan fingerprint density at radius 3 is 2.36 bits per heavy atom. The first-order valence-electron chi connectivity index (χ1n) is 14.9. The summed E-state index contributed by atoms with van der Waals surface area (Å²) >= 11 is 1.85. The van der Waals surface area contributed by atoms with Crippen LogP contribution in [0.15, 0.2) is 138 Å². The number of rotatable bonds is 1. The molecule has 0 radical (unpaired) electrons. The highest BCUT2D eigenvalue weighted by Gasteiger charge is 2.35. The molecule has 1 N–H and O–H groups in total. The van der Waals surface area contributed by atoms with Crippen molar-refractivity contribution < 1.29 is 4.74 Å². The number of ether oxygens (including phenoxy) is 1. The van der Waals surface area contributed by atoms with Gasteiger partial charge in [-0.15, -0.1) is 11.3 Å². The lowest BCUT2D eigenvalue weighted by Gasteiger charge is -2.33. The fraction of sp³-hybridized carbons (Fsp3) is 0.0513. The van der Waals surface area contributed by atoms with Gasteiger partial charge < -0.3 is 10.1 Å². The smallest absolute Gasteiger partial charge is 0.209 e. The topological polar surface area (TPSA) is 38.5 Å². The zero-order valence-corrected chi connectivity index (χ0v) is 24.4. The lowest BCUT2D eigenvalue weighted by molar-refractivity contribution is 0.172. The second-order valence-electron chi connectivity index (χ2n) is 11.6. The van der Waals surface area contributed by atoms with Crippen molar-refractivity contribution in [3.63, 3.8) is 0 Å². The van der Waals surface area contributed by atoms with E-state index in [1.807, 2.05) is 11.3 Å². The second-order valence-corrected chi connectivity index (χ2v) is 12.6. The molecule has 0 spiro atoms. The van der Waals surface area contributed by atoms with Crippen LogP contribution in [-0.2, 0) is 11.3 Å². The fourth-order valence-electron chi connectivity index (χ4n) is 7.12. The molecule has 6 aromatic carbocycles. The Kier molecular flexibility index (Phi) is 4.96. The molecular weight excluding hydrogens is 559 g/mol. The van der Waals surface area contributed by atoms with Crippen LogP contribution in [-0.4, -0.2) is 10.5 Å². The van der Waals surface area contributed by atoms with Crippen molar-refractivity contribution in [1.82, 2.24) is 9.88 Å². The molecule has 4 heterocycles. The van der Waals surface area contributed by atoms with Gasteiger partial charge in [-0.05, 0) is 46.2 Å². The Morgan fingerprint density at radius 2 is 1.43 bits per heavy atom. The highest BCUT2D eigenvalue weighted by molar-refractivity contribution is 7.26.